The lowest BCUT2D eigenvalue weighted by Gasteiger charge is -2.39. The third kappa shape index (κ3) is 5.09. The monoisotopic (exact) mass is 446 g/mol. The highest BCUT2D eigenvalue weighted by molar-refractivity contribution is 5.84. The summed E-state index contributed by atoms with van der Waals surface area (Å²) in [5, 5.41) is 12.7. The van der Waals surface area contributed by atoms with E-state index >= 15 is 0 Å². The number of amides is 2. The van der Waals surface area contributed by atoms with Crippen LogP contribution in [0.15, 0.2) is 12.3 Å². The number of carbonyl (C=O) groups excluding carboxylic acids is 2. The highest BCUT2D eigenvalue weighted by atomic mass is 16.6. The van der Waals surface area contributed by atoms with E-state index in [1.54, 1.807) is 20.0 Å². The molecule has 2 bridgehead atoms. The van der Waals surface area contributed by atoms with E-state index in [4.69, 9.17) is 9.47 Å². The lowest BCUT2D eigenvalue weighted by molar-refractivity contribution is 0.00637. The fourth-order valence-electron chi connectivity index (χ4n) is 5.20. The van der Waals surface area contributed by atoms with Crippen LogP contribution in [0.4, 0.5) is 21.1 Å². The van der Waals surface area contributed by atoms with E-state index in [0.29, 0.717) is 25.1 Å². The molecule has 3 saturated heterocycles. The van der Waals surface area contributed by atoms with Gasteiger partial charge in [-0.15, -0.1) is 0 Å². The minimum atomic E-state index is -0.502. The van der Waals surface area contributed by atoms with Crippen LogP contribution in [0, 0.1) is 6.92 Å². The molecular weight excluding hydrogens is 412 g/mol. The number of pyridine rings is 1. The number of hydrogen-bond acceptors (Lipinski definition) is 7. The van der Waals surface area contributed by atoms with Gasteiger partial charge in [0.05, 0.1) is 30.6 Å². The molecule has 0 saturated carbocycles. The van der Waals surface area contributed by atoms with Gasteiger partial charge in [-0.1, -0.05) is 0 Å². The van der Waals surface area contributed by atoms with Crippen LogP contribution in [0.1, 0.15) is 57.9 Å². The van der Waals surface area contributed by atoms with Crippen molar-refractivity contribution >= 4 is 23.7 Å². The maximum Gasteiger partial charge on any atom is 0.411 e. The van der Waals surface area contributed by atoms with E-state index < -0.39 is 6.09 Å². The van der Waals surface area contributed by atoms with Crippen LogP contribution >= 0.6 is 0 Å². The quantitative estimate of drug-likeness (QED) is 0.730. The Morgan fingerprint density at radius 2 is 1.94 bits per heavy atom. The molecule has 1 aromatic heterocycles. The molecule has 0 aliphatic carbocycles. The van der Waals surface area contributed by atoms with Crippen LogP contribution < -0.4 is 10.2 Å². The largest absolute Gasteiger partial charge is 0.447 e. The number of anilines is 2. The molecule has 1 aromatic rings. The number of aryl methyl sites for hydroxylation is 1. The van der Waals surface area contributed by atoms with Gasteiger partial charge >= 0.3 is 12.2 Å². The number of aromatic nitrogens is 1. The molecule has 3 aliphatic heterocycles. The molecule has 2 amide bonds. The van der Waals surface area contributed by atoms with Crippen molar-refractivity contribution in [3.8, 4) is 0 Å². The Labute approximate surface area is 189 Å². The summed E-state index contributed by atoms with van der Waals surface area (Å²) in [6, 6.07) is 2.07. The van der Waals surface area contributed by atoms with Crippen molar-refractivity contribution in [3.63, 3.8) is 0 Å². The van der Waals surface area contributed by atoms with Crippen LogP contribution in [-0.4, -0.2) is 70.7 Å². The first-order valence-corrected chi connectivity index (χ1v) is 11.7. The van der Waals surface area contributed by atoms with Crippen molar-refractivity contribution < 1.29 is 24.2 Å². The SMILES string of the molecule is Cc1cc(NC(=O)OC(C)C)cnc1N1CCCC(OC(=O)N2C3CCC2CC(O)C3)C1. The van der Waals surface area contributed by atoms with Gasteiger partial charge in [-0.05, 0) is 70.9 Å². The number of carbonyl (C=O) groups is 2. The number of fused-ring (bicyclic) bond motifs is 2. The zero-order chi connectivity index (χ0) is 22.8. The van der Waals surface area contributed by atoms with Crippen molar-refractivity contribution in [1.29, 1.82) is 0 Å². The Balaban J connectivity index is 1.35. The molecule has 4 rings (SSSR count). The van der Waals surface area contributed by atoms with Crippen LogP contribution in [0.3, 0.4) is 0 Å². The van der Waals surface area contributed by atoms with E-state index in [-0.39, 0.29) is 36.5 Å². The first-order chi connectivity index (χ1) is 15.3. The van der Waals surface area contributed by atoms with E-state index in [9.17, 15) is 14.7 Å². The Hall–Kier alpha value is -2.55. The molecule has 0 aromatic carbocycles. The third-order valence-corrected chi connectivity index (χ3v) is 6.50. The van der Waals surface area contributed by atoms with Crippen LogP contribution in [-0.2, 0) is 9.47 Å². The van der Waals surface area contributed by atoms with Crippen molar-refractivity contribution in [2.75, 3.05) is 23.3 Å². The lowest BCUT2D eigenvalue weighted by Crippen LogP contribution is -2.50. The van der Waals surface area contributed by atoms with E-state index in [1.807, 2.05) is 17.9 Å². The summed E-state index contributed by atoms with van der Waals surface area (Å²) in [4.78, 5) is 33.3. The Bertz CT molecular complexity index is 834. The highest BCUT2D eigenvalue weighted by Gasteiger charge is 2.44. The number of nitrogens with one attached hydrogen (secondary N) is 1. The van der Waals surface area contributed by atoms with Gasteiger partial charge in [-0.25, -0.2) is 14.6 Å². The van der Waals surface area contributed by atoms with Crippen LogP contribution in [0.25, 0.3) is 0 Å². The highest BCUT2D eigenvalue weighted by Crippen LogP contribution is 2.36. The van der Waals surface area contributed by atoms with Crippen LogP contribution in [0.2, 0.25) is 0 Å². The molecule has 2 N–H and O–H groups in total. The van der Waals surface area contributed by atoms with Crippen molar-refractivity contribution in [2.45, 2.75) is 89.7 Å². The van der Waals surface area contributed by atoms with Crippen LogP contribution in [0.5, 0.6) is 0 Å². The molecule has 32 heavy (non-hydrogen) atoms. The Morgan fingerprint density at radius 3 is 2.59 bits per heavy atom. The third-order valence-electron chi connectivity index (χ3n) is 6.50. The van der Waals surface area contributed by atoms with E-state index in [0.717, 1.165) is 43.6 Å². The predicted octanol–water partition coefficient (Wildman–Crippen LogP) is 3.44. The van der Waals surface area contributed by atoms with Gasteiger partial charge in [0.25, 0.3) is 0 Å². The van der Waals surface area contributed by atoms with Gasteiger partial charge in [-0.3, -0.25) is 5.32 Å². The zero-order valence-electron chi connectivity index (χ0n) is 19.1. The fraction of sp³-hybridized carbons (Fsp3) is 0.696. The van der Waals surface area contributed by atoms with Crippen molar-refractivity contribution in [1.82, 2.24) is 9.88 Å². The van der Waals surface area contributed by atoms with Crippen molar-refractivity contribution in [3.05, 3.63) is 17.8 Å². The molecule has 9 heteroatoms. The standard InChI is InChI=1S/C23H34N4O5/c1-14(2)31-22(29)25-16-9-15(3)21(24-12-16)26-8-4-5-20(13-26)32-23(30)27-17-6-7-18(27)11-19(28)10-17/h9,12,14,17-20,28H,4-8,10-11,13H2,1-3H3,(H,25,29). The molecule has 3 aliphatic rings. The number of nitrogens with zero attached hydrogens (tertiary/aromatic N) is 3. The topological polar surface area (TPSA) is 104 Å². The molecule has 4 heterocycles. The summed E-state index contributed by atoms with van der Waals surface area (Å²) in [5.74, 6) is 0.828. The Kier molecular flexibility index (Phi) is 6.74. The molecule has 0 radical (unpaired) electrons. The average molecular weight is 447 g/mol. The molecule has 3 unspecified atom stereocenters. The summed E-state index contributed by atoms with van der Waals surface area (Å²) in [7, 11) is 0. The van der Waals surface area contributed by atoms with E-state index in [1.165, 1.54) is 0 Å². The molecule has 176 valence electrons. The zero-order valence-corrected chi connectivity index (χ0v) is 19.1. The predicted molar refractivity (Wildman–Crippen MR) is 120 cm³/mol. The number of aliphatic hydroxyl groups is 1. The fourth-order valence-corrected chi connectivity index (χ4v) is 5.20. The molecule has 9 nitrogen and oxygen atoms in total. The van der Waals surface area contributed by atoms with Gasteiger partial charge in [-0.2, -0.15) is 0 Å². The molecule has 0 spiro atoms. The first-order valence-electron chi connectivity index (χ1n) is 11.7. The number of hydrogen-bond donors (Lipinski definition) is 2. The summed E-state index contributed by atoms with van der Waals surface area (Å²) >= 11 is 0. The van der Waals surface area contributed by atoms with Gasteiger partial charge in [0, 0.05) is 18.6 Å². The van der Waals surface area contributed by atoms with Gasteiger partial charge < -0.3 is 24.4 Å². The minimum absolute atomic E-state index is 0.0993. The number of aliphatic hydroxyl groups excluding tert-OH is 1. The second-order valence-electron chi connectivity index (χ2n) is 9.46. The number of ether oxygens (including phenoxy) is 2. The summed E-state index contributed by atoms with van der Waals surface area (Å²) in [6.07, 6.45) is 5.11. The second-order valence-corrected chi connectivity index (χ2v) is 9.46. The average Bonchev–Trinajstić information content (AvgIpc) is 2.99. The van der Waals surface area contributed by atoms with Gasteiger partial charge in [0.15, 0.2) is 0 Å². The molecular formula is C23H34N4O5. The van der Waals surface area contributed by atoms with Gasteiger partial charge in [0.1, 0.15) is 11.9 Å². The van der Waals surface area contributed by atoms with Crippen molar-refractivity contribution in [2.24, 2.45) is 0 Å². The van der Waals surface area contributed by atoms with E-state index in [2.05, 4.69) is 15.2 Å². The lowest BCUT2D eigenvalue weighted by atomic mass is 10.0. The second kappa shape index (κ2) is 9.52. The molecule has 3 fully saturated rings. The summed E-state index contributed by atoms with van der Waals surface area (Å²) < 4.78 is 11.0. The first kappa shape index (κ1) is 22.6. The van der Waals surface area contributed by atoms with Gasteiger partial charge in [0.2, 0.25) is 0 Å². The summed E-state index contributed by atoms with van der Waals surface area (Å²) in [6.45, 7) is 6.98. The maximum atomic E-state index is 12.9. The number of piperidine rings is 2. The summed E-state index contributed by atoms with van der Waals surface area (Å²) in [5.41, 5.74) is 1.52. The normalized spacial score (nSPS) is 27.4. The Morgan fingerprint density at radius 1 is 1.22 bits per heavy atom. The minimum Gasteiger partial charge on any atom is -0.447 e. The maximum absolute atomic E-state index is 12.9. The number of rotatable bonds is 4. The molecule has 3 atom stereocenters. The smallest absolute Gasteiger partial charge is 0.411 e.